The van der Waals surface area contributed by atoms with Gasteiger partial charge in [0.05, 0.1) is 11.4 Å². The number of nitrogens with zero attached hydrogens (tertiary/aromatic N) is 2. The molecule has 1 fully saturated rings. The maximum Gasteiger partial charge on any atom is 0.0597 e. The molecule has 0 bridgehead atoms. The van der Waals surface area contributed by atoms with Crippen LogP contribution in [0.25, 0.3) is 0 Å². The number of hydrogen-bond acceptors (Lipinski definition) is 2. The van der Waals surface area contributed by atoms with Crippen molar-refractivity contribution in [1.82, 2.24) is 15.1 Å². The van der Waals surface area contributed by atoms with Gasteiger partial charge in [-0.25, -0.2) is 0 Å². The highest BCUT2D eigenvalue weighted by Gasteiger charge is 2.29. The summed E-state index contributed by atoms with van der Waals surface area (Å²) < 4.78 is 1.92. The second kappa shape index (κ2) is 4.54. The molecule has 1 unspecified atom stereocenters. The zero-order valence-corrected chi connectivity index (χ0v) is 10.1. The largest absolute Gasteiger partial charge is 0.310 e. The maximum atomic E-state index is 6.20. The number of hydrogen-bond donors (Lipinski definition) is 1. The van der Waals surface area contributed by atoms with Gasteiger partial charge in [-0.2, -0.15) is 5.10 Å². The van der Waals surface area contributed by atoms with Gasteiger partial charge in [0, 0.05) is 25.5 Å². The highest BCUT2D eigenvalue weighted by molar-refractivity contribution is 6.21. The number of aryl methyl sites for hydroxylation is 2. The van der Waals surface area contributed by atoms with E-state index in [1.165, 1.54) is 18.5 Å². The lowest BCUT2D eigenvalue weighted by atomic mass is 10.3. The molecule has 2 rings (SSSR count). The van der Waals surface area contributed by atoms with E-state index in [4.69, 9.17) is 11.6 Å². The van der Waals surface area contributed by atoms with E-state index in [1.54, 1.807) is 0 Å². The Hall–Kier alpha value is -0.540. The summed E-state index contributed by atoms with van der Waals surface area (Å²) in [4.78, 5) is 0. The average molecular weight is 228 g/mol. The van der Waals surface area contributed by atoms with Gasteiger partial charge in [-0.15, -0.1) is 11.6 Å². The number of aromatic nitrogens is 2. The monoisotopic (exact) mass is 227 g/mol. The molecule has 0 radical (unpaired) electrons. The maximum absolute atomic E-state index is 6.20. The Balaban J connectivity index is 1.75. The molecule has 1 saturated carbocycles. The molecule has 1 atom stereocenters. The fourth-order valence-electron chi connectivity index (χ4n) is 1.79. The van der Waals surface area contributed by atoms with Crippen LogP contribution in [-0.4, -0.2) is 21.7 Å². The molecule has 0 aliphatic heterocycles. The first-order valence-electron chi connectivity index (χ1n) is 5.51. The molecule has 1 aromatic heterocycles. The van der Waals surface area contributed by atoms with E-state index in [9.17, 15) is 0 Å². The van der Waals surface area contributed by atoms with Crippen LogP contribution in [0.2, 0.25) is 0 Å². The van der Waals surface area contributed by atoms with Crippen LogP contribution in [-0.2, 0) is 13.6 Å². The first-order chi connectivity index (χ1) is 7.16. The minimum absolute atomic E-state index is 0.305. The molecule has 1 N–H and O–H groups in total. The molecule has 1 aromatic rings. The number of alkyl halides is 1. The van der Waals surface area contributed by atoms with Crippen molar-refractivity contribution in [3.63, 3.8) is 0 Å². The van der Waals surface area contributed by atoms with Gasteiger partial charge in [-0.3, -0.25) is 4.68 Å². The van der Waals surface area contributed by atoms with Crippen LogP contribution in [0.4, 0.5) is 0 Å². The lowest BCUT2D eigenvalue weighted by Crippen LogP contribution is -2.25. The van der Waals surface area contributed by atoms with Crippen molar-refractivity contribution in [1.29, 1.82) is 0 Å². The molecule has 1 aliphatic carbocycles. The van der Waals surface area contributed by atoms with Crippen LogP contribution in [0.1, 0.15) is 24.2 Å². The van der Waals surface area contributed by atoms with Gasteiger partial charge >= 0.3 is 0 Å². The molecule has 4 heteroatoms. The zero-order valence-electron chi connectivity index (χ0n) is 9.33. The first kappa shape index (κ1) is 11.0. The zero-order chi connectivity index (χ0) is 10.8. The lowest BCUT2D eigenvalue weighted by molar-refractivity contribution is 0.589. The molecule has 0 amide bonds. The molecule has 1 aliphatic rings. The van der Waals surface area contributed by atoms with Crippen molar-refractivity contribution in [2.24, 2.45) is 13.0 Å². The summed E-state index contributed by atoms with van der Waals surface area (Å²) in [6, 6.07) is 2.10. The third kappa shape index (κ3) is 2.95. The van der Waals surface area contributed by atoms with E-state index in [0.29, 0.717) is 5.38 Å². The number of rotatable bonds is 5. The van der Waals surface area contributed by atoms with Gasteiger partial charge in [0.2, 0.25) is 0 Å². The van der Waals surface area contributed by atoms with Gasteiger partial charge in [0.1, 0.15) is 0 Å². The highest BCUT2D eigenvalue weighted by Crippen LogP contribution is 2.35. The quantitative estimate of drug-likeness (QED) is 0.778. The molecule has 84 valence electrons. The van der Waals surface area contributed by atoms with Crippen molar-refractivity contribution >= 4 is 11.6 Å². The van der Waals surface area contributed by atoms with Crippen LogP contribution in [0.15, 0.2) is 6.07 Å². The van der Waals surface area contributed by atoms with Crippen molar-refractivity contribution in [3.8, 4) is 0 Å². The van der Waals surface area contributed by atoms with E-state index >= 15 is 0 Å². The topological polar surface area (TPSA) is 29.9 Å². The fraction of sp³-hybridized carbons (Fsp3) is 0.727. The normalized spacial score (nSPS) is 18.1. The standard InChI is InChI=1S/C11H18ClN3/c1-8-5-10(15(2)14-8)6-13-7-11(12)9-3-4-9/h5,9,11,13H,3-4,6-7H2,1-2H3. The molecule has 3 nitrogen and oxygen atoms in total. The van der Waals surface area contributed by atoms with E-state index in [2.05, 4.69) is 16.5 Å². The summed E-state index contributed by atoms with van der Waals surface area (Å²) >= 11 is 6.20. The van der Waals surface area contributed by atoms with Crippen LogP contribution >= 0.6 is 11.6 Å². The van der Waals surface area contributed by atoms with Crippen LogP contribution < -0.4 is 5.32 Å². The summed E-state index contributed by atoms with van der Waals surface area (Å²) in [5.41, 5.74) is 2.28. The van der Waals surface area contributed by atoms with E-state index in [1.807, 2.05) is 18.7 Å². The first-order valence-corrected chi connectivity index (χ1v) is 5.95. The smallest absolute Gasteiger partial charge is 0.0597 e. The van der Waals surface area contributed by atoms with Crippen LogP contribution in [0, 0.1) is 12.8 Å². The van der Waals surface area contributed by atoms with E-state index in [-0.39, 0.29) is 0 Å². The van der Waals surface area contributed by atoms with Gasteiger partial charge in [0.15, 0.2) is 0 Å². The third-order valence-electron chi connectivity index (χ3n) is 2.88. The summed E-state index contributed by atoms with van der Waals surface area (Å²) in [6.45, 7) is 3.77. The summed E-state index contributed by atoms with van der Waals surface area (Å²) in [6.07, 6.45) is 2.61. The fourth-order valence-corrected chi connectivity index (χ4v) is 2.15. The Morgan fingerprint density at radius 1 is 1.67 bits per heavy atom. The Morgan fingerprint density at radius 2 is 2.40 bits per heavy atom. The number of halogens is 1. The van der Waals surface area contributed by atoms with Gasteiger partial charge in [-0.05, 0) is 31.7 Å². The molecule has 0 spiro atoms. The Morgan fingerprint density at radius 3 is 2.93 bits per heavy atom. The third-order valence-corrected chi connectivity index (χ3v) is 3.39. The predicted octanol–water partition coefficient (Wildman–Crippen LogP) is 1.84. The molecular weight excluding hydrogens is 210 g/mol. The summed E-state index contributed by atoms with van der Waals surface area (Å²) in [7, 11) is 1.98. The second-order valence-electron chi connectivity index (χ2n) is 4.38. The van der Waals surface area contributed by atoms with E-state index < -0.39 is 0 Å². The summed E-state index contributed by atoms with van der Waals surface area (Å²) in [5, 5.41) is 7.99. The molecule has 0 saturated heterocycles. The van der Waals surface area contributed by atoms with E-state index in [0.717, 1.165) is 24.7 Å². The van der Waals surface area contributed by atoms with Crippen molar-refractivity contribution in [3.05, 3.63) is 17.5 Å². The molecular formula is C11H18ClN3. The van der Waals surface area contributed by atoms with Crippen LogP contribution in [0.5, 0.6) is 0 Å². The Labute approximate surface area is 95.8 Å². The molecule has 1 heterocycles. The average Bonchev–Trinajstić information content (AvgIpc) is 2.94. The van der Waals surface area contributed by atoms with Crippen molar-refractivity contribution in [2.45, 2.75) is 31.7 Å². The second-order valence-corrected chi connectivity index (χ2v) is 4.95. The van der Waals surface area contributed by atoms with Gasteiger partial charge < -0.3 is 5.32 Å². The van der Waals surface area contributed by atoms with Gasteiger partial charge in [0.25, 0.3) is 0 Å². The Bertz CT molecular complexity index is 331. The van der Waals surface area contributed by atoms with Gasteiger partial charge in [-0.1, -0.05) is 0 Å². The minimum atomic E-state index is 0.305. The van der Waals surface area contributed by atoms with Crippen molar-refractivity contribution in [2.75, 3.05) is 6.54 Å². The van der Waals surface area contributed by atoms with Crippen LogP contribution in [0.3, 0.4) is 0 Å². The number of nitrogens with one attached hydrogen (secondary N) is 1. The van der Waals surface area contributed by atoms with Crippen molar-refractivity contribution < 1.29 is 0 Å². The SMILES string of the molecule is Cc1cc(CNCC(Cl)C2CC2)n(C)n1. The Kier molecular flexibility index (Phi) is 3.32. The minimum Gasteiger partial charge on any atom is -0.310 e. The highest BCUT2D eigenvalue weighted by atomic mass is 35.5. The molecule has 0 aromatic carbocycles. The predicted molar refractivity (Wildman–Crippen MR) is 62.0 cm³/mol. The molecule has 15 heavy (non-hydrogen) atoms. The summed E-state index contributed by atoms with van der Waals surface area (Å²) in [5.74, 6) is 0.757. The lowest BCUT2D eigenvalue weighted by Gasteiger charge is -2.09.